The van der Waals surface area contributed by atoms with Gasteiger partial charge in [-0.15, -0.1) is 0 Å². The van der Waals surface area contributed by atoms with Crippen molar-refractivity contribution in [3.05, 3.63) is 48.7 Å². The molecule has 1 aliphatic heterocycles. The molecule has 1 aliphatic rings. The molecule has 0 saturated carbocycles. The molecule has 22 heavy (non-hydrogen) atoms. The van der Waals surface area contributed by atoms with E-state index in [-0.39, 0.29) is 12.1 Å². The number of aromatic nitrogens is 1. The molecule has 1 atom stereocenters. The molecule has 3 rings (SSSR count). The topological polar surface area (TPSA) is 70.4 Å². The molecule has 1 unspecified atom stereocenters. The van der Waals surface area contributed by atoms with Gasteiger partial charge in [0.15, 0.2) is 0 Å². The van der Waals surface area contributed by atoms with E-state index in [9.17, 15) is 4.79 Å². The summed E-state index contributed by atoms with van der Waals surface area (Å²) in [5, 5.41) is 5.69. The van der Waals surface area contributed by atoms with Crippen molar-refractivity contribution in [2.45, 2.75) is 18.9 Å². The Morgan fingerprint density at radius 3 is 2.86 bits per heavy atom. The maximum Gasteiger partial charge on any atom is 0.319 e. The number of nitrogens with one attached hydrogen (secondary N) is 2. The lowest BCUT2D eigenvalue weighted by Gasteiger charge is -2.26. The first-order valence-corrected chi connectivity index (χ1v) is 7.55. The van der Waals surface area contributed by atoms with Crippen LogP contribution in [0.3, 0.4) is 0 Å². The van der Waals surface area contributed by atoms with Crippen LogP contribution in [0.2, 0.25) is 0 Å². The van der Waals surface area contributed by atoms with Crippen LogP contribution in [0.15, 0.2) is 47.3 Å². The predicted molar refractivity (Wildman–Crippen MR) is 83.5 cm³/mol. The molecular weight excluding hydrogens is 280 g/mol. The lowest BCUT2D eigenvalue weighted by atomic mass is 10.2. The zero-order valence-corrected chi connectivity index (χ0v) is 12.4. The van der Waals surface area contributed by atoms with Crippen molar-refractivity contribution >= 4 is 11.7 Å². The van der Waals surface area contributed by atoms with E-state index in [0.29, 0.717) is 12.2 Å². The number of pyridine rings is 1. The molecule has 2 aromatic rings. The van der Waals surface area contributed by atoms with Crippen molar-refractivity contribution in [1.82, 2.24) is 15.2 Å². The monoisotopic (exact) mass is 300 g/mol. The van der Waals surface area contributed by atoms with Crippen molar-refractivity contribution < 1.29 is 9.21 Å². The number of hydrogen-bond acceptors (Lipinski definition) is 4. The highest BCUT2D eigenvalue weighted by Gasteiger charge is 2.25. The first kappa shape index (κ1) is 14.6. The smallest absolute Gasteiger partial charge is 0.319 e. The Balaban J connectivity index is 1.58. The van der Waals surface area contributed by atoms with E-state index in [4.69, 9.17) is 4.42 Å². The van der Waals surface area contributed by atoms with E-state index in [0.717, 1.165) is 18.8 Å². The second kappa shape index (κ2) is 7.09. The number of amides is 2. The number of likely N-dealkylation sites (tertiary alicyclic amines) is 1. The maximum atomic E-state index is 12.0. The quantitative estimate of drug-likeness (QED) is 0.890. The van der Waals surface area contributed by atoms with Gasteiger partial charge in [-0.1, -0.05) is 0 Å². The number of carbonyl (C=O) groups is 1. The molecule has 0 aromatic carbocycles. The third-order valence-electron chi connectivity index (χ3n) is 3.83. The molecule has 0 radical (unpaired) electrons. The average Bonchev–Trinajstić information content (AvgIpc) is 3.22. The van der Waals surface area contributed by atoms with Gasteiger partial charge in [0, 0.05) is 12.7 Å². The summed E-state index contributed by atoms with van der Waals surface area (Å²) in [5.41, 5.74) is 0.677. The highest BCUT2D eigenvalue weighted by atomic mass is 16.3. The minimum Gasteiger partial charge on any atom is -0.468 e. The fourth-order valence-corrected chi connectivity index (χ4v) is 2.75. The van der Waals surface area contributed by atoms with Gasteiger partial charge in [0.25, 0.3) is 0 Å². The van der Waals surface area contributed by atoms with E-state index >= 15 is 0 Å². The number of nitrogens with zero attached hydrogens (tertiary/aromatic N) is 2. The van der Waals surface area contributed by atoms with Crippen LogP contribution >= 0.6 is 0 Å². The summed E-state index contributed by atoms with van der Waals surface area (Å²) in [5.74, 6) is 0.892. The zero-order valence-electron chi connectivity index (χ0n) is 12.4. The SMILES string of the molecule is O=C(NCC(c1ccco1)N1CCCC1)Nc1cccnc1. The van der Waals surface area contributed by atoms with Crippen molar-refractivity contribution in [1.29, 1.82) is 0 Å². The van der Waals surface area contributed by atoms with Crippen molar-refractivity contribution in [2.75, 3.05) is 25.0 Å². The van der Waals surface area contributed by atoms with Crippen LogP contribution in [0.25, 0.3) is 0 Å². The van der Waals surface area contributed by atoms with Crippen LogP contribution in [0.4, 0.5) is 10.5 Å². The van der Waals surface area contributed by atoms with E-state index in [1.807, 2.05) is 12.1 Å². The zero-order chi connectivity index (χ0) is 15.2. The number of hydrogen-bond donors (Lipinski definition) is 2. The van der Waals surface area contributed by atoms with Crippen molar-refractivity contribution in [3.63, 3.8) is 0 Å². The van der Waals surface area contributed by atoms with Gasteiger partial charge in [-0.05, 0) is 50.2 Å². The van der Waals surface area contributed by atoms with Gasteiger partial charge in [-0.2, -0.15) is 0 Å². The summed E-state index contributed by atoms with van der Waals surface area (Å²) in [6, 6.07) is 7.28. The minimum atomic E-state index is -0.233. The summed E-state index contributed by atoms with van der Waals surface area (Å²) in [6.07, 6.45) is 7.35. The molecular formula is C16H20N4O2. The number of anilines is 1. The summed E-state index contributed by atoms with van der Waals surface area (Å²) in [6.45, 7) is 2.59. The molecule has 2 amide bonds. The Morgan fingerprint density at radius 2 is 2.18 bits per heavy atom. The molecule has 0 spiro atoms. The standard InChI is InChI=1S/C16H20N4O2/c21-16(19-13-5-3-7-17-11-13)18-12-14(15-6-4-10-22-15)20-8-1-2-9-20/h3-7,10-11,14H,1-2,8-9,12H2,(H2,18,19,21). The molecule has 2 aromatic heterocycles. The third kappa shape index (κ3) is 3.65. The van der Waals surface area contributed by atoms with Crippen LogP contribution in [0, 0.1) is 0 Å². The minimum absolute atomic E-state index is 0.0807. The second-order valence-electron chi connectivity index (χ2n) is 5.35. The van der Waals surface area contributed by atoms with Crippen molar-refractivity contribution in [2.24, 2.45) is 0 Å². The van der Waals surface area contributed by atoms with Gasteiger partial charge in [0.05, 0.1) is 24.2 Å². The van der Waals surface area contributed by atoms with E-state index in [1.54, 1.807) is 30.8 Å². The largest absolute Gasteiger partial charge is 0.468 e. The highest BCUT2D eigenvalue weighted by molar-refractivity contribution is 5.88. The van der Waals surface area contributed by atoms with Crippen LogP contribution < -0.4 is 10.6 Å². The van der Waals surface area contributed by atoms with Gasteiger partial charge in [0.1, 0.15) is 5.76 Å². The Labute approximate surface area is 129 Å². The number of carbonyl (C=O) groups excluding carboxylic acids is 1. The third-order valence-corrected chi connectivity index (χ3v) is 3.83. The normalized spacial score (nSPS) is 16.4. The summed E-state index contributed by atoms with van der Waals surface area (Å²) in [7, 11) is 0. The lowest BCUT2D eigenvalue weighted by molar-refractivity contribution is 0.207. The molecule has 1 fully saturated rings. The fraction of sp³-hybridized carbons (Fsp3) is 0.375. The van der Waals surface area contributed by atoms with E-state index < -0.39 is 0 Å². The summed E-state index contributed by atoms with van der Waals surface area (Å²) in [4.78, 5) is 18.3. The van der Waals surface area contributed by atoms with E-state index in [2.05, 4.69) is 20.5 Å². The molecule has 116 valence electrons. The Bertz CT molecular complexity index is 579. The molecule has 0 aliphatic carbocycles. The Morgan fingerprint density at radius 1 is 1.32 bits per heavy atom. The molecule has 2 N–H and O–H groups in total. The molecule has 6 nitrogen and oxygen atoms in total. The predicted octanol–water partition coefficient (Wildman–Crippen LogP) is 2.63. The van der Waals surface area contributed by atoms with Gasteiger partial charge in [-0.25, -0.2) is 4.79 Å². The first-order chi connectivity index (χ1) is 10.8. The van der Waals surface area contributed by atoms with Crippen LogP contribution in [-0.2, 0) is 0 Å². The summed E-state index contributed by atoms with van der Waals surface area (Å²) < 4.78 is 5.54. The lowest BCUT2D eigenvalue weighted by Crippen LogP contribution is -2.38. The number of rotatable bonds is 5. The maximum absolute atomic E-state index is 12.0. The van der Waals surface area contributed by atoms with Gasteiger partial charge < -0.3 is 15.1 Å². The average molecular weight is 300 g/mol. The first-order valence-electron chi connectivity index (χ1n) is 7.55. The highest BCUT2D eigenvalue weighted by Crippen LogP contribution is 2.24. The van der Waals surface area contributed by atoms with Gasteiger partial charge in [-0.3, -0.25) is 9.88 Å². The second-order valence-corrected chi connectivity index (χ2v) is 5.35. The Hall–Kier alpha value is -2.34. The van der Waals surface area contributed by atoms with Gasteiger partial charge in [0.2, 0.25) is 0 Å². The molecule has 1 saturated heterocycles. The van der Waals surface area contributed by atoms with Crippen LogP contribution in [0.1, 0.15) is 24.6 Å². The van der Waals surface area contributed by atoms with E-state index in [1.165, 1.54) is 12.8 Å². The van der Waals surface area contributed by atoms with Crippen LogP contribution in [-0.4, -0.2) is 35.5 Å². The Kier molecular flexibility index (Phi) is 4.70. The molecule has 6 heteroatoms. The number of urea groups is 1. The molecule has 3 heterocycles. The fourth-order valence-electron chi connectivity index (χ4n) is 2.75. The van der Waals surface area contributed by atoms with Gasteiger partial charge >= 0.3 is 6.03 Å². The molecule has 0 bridgehead atoms. The van der Waals surface area contributed by atoms with Crippen LogP contribution in [0.5, 0.6) is 0 Å². The van der Waals surface area contributed by atoms with Crippen molar-refractivity contribution in [3.8, 4) is 0 Å². The summed E-state index contributed by atoms with van der Waals surface area (Å²) >= 11 is 0. The number of furan rings is 1.